The van der Waals surface area contributed by atoms with Crippen LogP contribution in [-0.2, 0) is 9.53 Å². The molecule has 5 heteroatoms. The van der Waals surface area contributed by atoms with E-state index in [9.17, 15) is 4.79 Å². The Hall–Kier alpha value is -1.62. The quantitative estimate of drug-likeness (QED) is 0.866. The predicted molar refractivity (Wildman–Crippen MR) is 77.7 cm³/mol. The molecule has 0 radical (unpaired) electrons. The molecule has 0 aromatic carbocycles. The van der Waals surface area contributed by atoms with Crippen molar-refractivity contribution in [1.82, 2.24) is 4.98 Å². The lowest BCUT2D eigenvalue weighted by Crippen LogP contribution is -2.28. The minimum absolute atomic E-state index is 0.101. The molecule has 5 nitrogen and oxygen atoms in total. The molecule has 20 heavy (non-hydrogen) atoms. The lowest BCUT2D eigenvalue weighted by atomic mass is 9.85. The number of nitrogens with one attached hydrogen (secondary N) is 2. The van der Waals surface area contributed by atoms with E-state index in [-0.39, 0.29) is 11.8 Å². The van der Waals surface area contributed by atoms with E-state index in [1.54, 1.807) is 6.20 Å². The first kappa shape index (κ1) is 13.4. The largest absolute Gasteiger partial charge is 0.381 e. The van der Waals surface area contributed by atoms with Gasteiger partial charge in [-0.15, -0.1) is 0 Å². The van der Waals surface area contributed by atoms with Gasteiger partial charge < -0.3 is 15.4 Å². The average molecular weight is 275 g/mol. The number of nitrogens with zero attached hydrogens (tertiary/aromatic N) is 1. The van der Waals surface area contributed by atoms with E-state index < -0.39 is 0 Å². The number of amides is 1. The van der Waals surface area contributed by atoms with E-state index >= 15 is 0 Å². The van der Waals surface area contributed by atoms with Crippen LogP contribution in [-0.4, -0.2) is 30.1 Å². The Labute approximate surface area is 119 Å². The molecule has 0 bridgehead atoms. The first-order valence-corrected chi connectivity index (χ1v) is 7.43. The van der Waals surface area contributed by atoms with E-state index in [2.05, 4.69) is 15.6 Å². The SMILES string of the molecule is O=C(Nc1ccc(NCC2CCCO2)cn1)C1CCC1. The molecule has 2 aliphatic rings. The van der Waals surface area contributed by atoms with Gasteiger partial charge in [0.05, 0.1) is 18.0 Å². The maximum Gasteiger partial charge on any atom is 0.228 e. The fourth-order valence-corrected chi connectivity index (χ4v) is 2.51. The van der Waals surface area contributed by atoms with Crippen molar-refractivity contribution < 1.29 is 9.53 Å². The Morgan fingerprint density at radius 2 is 2.20 bits per heavy atom. The molecule has 1 saturated heterocycles. The molecule has 1 atom stereocenters. The van der Waals surface area contributed by atoms with Gasteiger partial charge in [0, 0.05) is 19.1 Å². The number of aromatic nitrogens is 1. The van der Waals surface area contributed by atoms with Crippen molar-refractivity contribution in [1.29, 1.82) is 0 Å². The van der Waals surface area contributed by atoms with Gasteiger partial charge in [-0.2, -0.15) is 0 Å². The highest BCUT2D eigenvalue weighted by atomic mass is 16.5. The van der Waals surface area contributed by atoms with E-state index in [4.69, 9.17) is 4.74 Å². The standard InChI is InChI=1S/C15H21N3O2/c19-15(11-3-1-4-11)18-14-7-6-12(9-17-14)16-10-13-5-2-8-20-13/h6-7,9,11,13,16H,1-5,8,10H2,(H,17,18,19). The van der Waals surface area contributed by atoms with Crippen LogP contribution >= 0.6 is 0 Å². The number of carbonyl (C=O) groups is 1. The third-order valence-electron chi connectivity index (χ3n) is 4.05. The Kier molecular flexibility index (Phi) is 4.16. The highest BCUT2D eigenvalue weighted by molar-refractivity contribution is 5.92. The second kappa shape index (κ2) is 6.22. The van der Waals surface area contributed by atoms with Crippen LogP contribution in [0.2, 0.25) is 0 Å². The highest BCUT2D eigenvalue weighted by Gasteiger charge is 2.25. The van der Waals surface area contributed by atoms with Gasteiger partial charge in [-0.1, -0.05) is 6.42 Å². The molecule has 2 N–H and O–H groups in total. The Morgan fingerprint density at radius 1 is 1.30 bits per heavy atom. The molecule has 1 unspecified atom stereocenters. The van der Waals surface area contributed by atoms with Crippen LogP contribution in [0.15, 0.2) is 18.3 Å². The number of pyridine rings is 1. The summed E-state index contributed by atoms with van der Waals surface area (Å²) in [5.74, 6) is 0.919. The zero-order valence-corrected chi connectivity index (χ0v) is 11.6. The Bertz CT molecular complexity index is 451. The minimum atomic E-state index is 0.101. The molecule has 3 rings (SSSR count). The van der Waals surface area contributed by atoms with Gasteiger partial charge in [0.2, 0.25) is 5.91 Å². The van der Waals surface area contributed by atoms with Crippen molar-refractivity contribution in [3.8, 4) is 0 Å². The van der Waals surface area contributed by atoms with Crippen LogP contribution in [0, 0.1) is 5.92 Å². The lowest BCUT2D eigenvalue weighted by molar-refractivity contribution is -0.122. The van der Waals surface area contributed by atoms with Crippen molar-refractivity contribution in [2.45, 2.75) is 38.2 Å². The maximum atomic E-state index is 11.8. The van der Waals surface area contributed by atoms with Crippen LogP contribution in [0.3, 0.4) is 0 Å². The normalized spacial score (nSPS) is 22.3. The Balaban J connectivity index is 1.47. The van der Waals surface area contributed by atoms with E-state index in [0.717, 1.165) is 50.9 Å². The van der Waals surface area contributed by atoms with E-state index in [0.29, 0.717) is 11.9 Å². The highest BCUT2D eigenvalue weighted by Crippen LogP contribution is 2.27. The summed E-state index contributed by atoms with van der Waals surface area (Å²) < 4.78 is 5.56. The van der Waals surface area contributed by atoms with Crippen molar-refractivity contribution in [3.63, 3.8) is 0 Å². The second-order valence-electron chi connectivity index (χ2n) is 5.57. The third-order valence-corrected chi connectivity index (χ3v) is 4.05. The summed E-state index contributed by atoms with van der Waals surface area (Å²) >= 11 is 0. The molecular formula is C15H21N3O2. The Morgan fingerprint density at radius 3 is 2.80 bits per heavy atom. The van der Waals surface area contributed by atoms with Crippen LogP contribution in [0.5, 0.6) is 0 Å². The summed E-state index contributed by atoms with van der Waals surface area (Å²) in [4.78, 5) is 16.1. The van der Waals surface area contributed by atoms with Gasteiger partial charge in [0.15, 0.2) is 0 Å². The van der Waals surface area contributed by atoms with Crippen LogP contribution in [0.1, 0.15) is 32.1 Å². The van der Waals surface area contributed by atoms with Gasteiger partial charge in [0.1, 0.15) is 5.82 Å². The summed E-state index contributed by atoms with van der Waals surface area (Å²) in [5, 5.41) is 6.18. The van der Waals surface area contributed by atoms with Gasteiger partial charge in [0.25, 0.3) is 0 Å². The molecule has 1 aromatic heterocycles. The number of hydrogen-bond acceptors (Lipinski definition) is 4. The molecule has 1 aliphatic carbocycles. The fourth-order valence-electron chi connectivity index (χ4n) is 2.51. The van der Waals surface area contributed by atoms with Crippen LogP contribution in [0.4, 0.5) is 11.5 Å². The molecule has 1 amide bonds. The lowest BCUT2D eigenvalue weighted by Gasteiger charge is -2.23. The van der Waals surface area contributed by atoms with Gasteiger partial charge in [-0.3, -0.25) is 4.79 Å². The minimum Gasteiger partial charge on any atom is -0.381 e. The third kappa shape index (κ3) is 3.28. The van der Waals surface area contributed by atoms with Gasteiger partial charge >= 0.3 is 0 Å². The topological polar surface area (TPSA) is 63.2 Å². The maximum absolute atomic E-state index is 11.8. The summed E-state index contributed by atoms with van der Waals surface area (Å²) in [5.41, 5.74) is 0.960. The van der Waals surface area contributed by atoms with E-state index in [1.165, 1.54) is 0 Å². The first-order valence-electron chi connectivity index (χ1n) is 7.43. The zero-order valence-electron chi connectivity index (χ0n) is 11.6. The zero-order chi connectivity index (χ0) is 13.8. The number of rotatable bonds is 5. The molecule has 0 spiro atoms. The average Bonchev–Trinajstić information content (AvgIpc) is 2.89. The summed E-state index contributed by atoms with van der Waals surface area (Å²) in [7, 11) is 0. The molecule has 2 fully saturated rings. The van der Waals surface area contributed by atoms with Gasteiger partial charge in [-0.25, -0.2) is 4.98 Å². The smallest absolute Gasteiger partial charge is 0.228 e. The number of anilines is 2. The molecular weight excluding hydrogens is 254 g/mol. The second-order valence-corrected chi connectivity index (χ2v) is 5.57. The molecule has 1 aromatic rings. The number of hydrogen-bond donors (Lipinski definition) is 2. The predicted octanol–water partition coefficient (Wildman–Crippen LogP) is 2.41. The summed E-state index contributed by atoms with van der Waals surface area (Å²) in [6.45, 7) is 1.69. The van der Waals surface area contributed by atoms with Crippen molar-refractivity contribution in [2.75, 3.05) is 23.8 Å². The number of ether oxygens (including phenoxy) is 1. The fraction of sp³-hybridized carbons (Fsp3) is 0.600. The van der Waals surface area contributed by atoms with Gasteiger partial charge in [-0.05, 0) is 37.8 Å². The monoisotopic (exact) mass is 275 g/mol. The number of carbonyl (C=O) groups excluding carboxylic acids is 1. The van der Waals surface area contributed by atoms with Crippen molar-refractivity contribution in [2.24, 2.45) is 5.92 Å². The summed E-state index contributed by atoms with van der Waals surface area (Å²) in [6, 6.07) is 3.78. The van der Waals surface area contributed by atoms with Crippen LogP contribution < -0.4 is 10.6 Å². The van der Waals surface area contributed by atoms with Crippen molar-refractivity contribution in [3.05, 3.63) is 18.3 Å². The molecule has 108 valence electrons. The van der Waals surface area contributed by atoms with E-state index in [1.807, 2.05) is 12.1 Å². The molecule has 1 aliphatic heterocycles. The summed E-state index contributed by atoms with van der Waals surface area (Å²) in [6.07, 6.45) is 7.52. The first-order chi connectivity index (χ1) is 9.81. The molecule has 1 saturated carbocycles. The van der Waals surface area contributed by atoms with Crippen molar-refractivity contribution >= 4 is 17.4 Å². The van der Waals surface area contributed by atoms with Crippen LogP contribution in [0.25, 0.3) is 0 Å². The molecule has 2 heterocycles.